The van der Waals surface area contributed by atoms with Gasteiger partial charge in [-0.05, 0) is 25.5 Å². The molecule has 1 unspecified atom stereocenters. The average molecular weight is 261 g/mol. The lowest BCUT2D eigenvalue weighted by atomic mass is 10.1. The molecule has 0 aliphatic carbocycles. The number of nitrogens with zero attached hydrogens (tertiary/aromatic N) is 1. The second-order valence-corrected chi connectivity index (χ2v) is 5.03. The Morgan fingerprint density at radius 2 is 1.88 bits per heavy atom. The SMILES string of the molecule is CCC(CSC)N(C)C(=O)CCCCC(=O)O. The van der Waals surface area contributed by atoms with Gasteiger partial charge in [-0.3, -0.25) is 9.59 Å². The summed E-state index contributed by atoms with van der Waals surface area (Å²) in [5.74, 6) is 0.282. The monoisotopic (exact) mass is 261 g/mol. The quantitative estimate of drug-likeness (QED) is 0.647. The highest BCUT2D eigenvalue weighted by Gasteiger charge is 2.17. The molecule has 0 aliphatic rings. The van der Waals surface area contributed by atoms with Crippen LogP contribution in [-0.4, -0.2) is 47.0 Å². The van der Waals surface area contributed by atoms with Crippen molar-refractivity contribution >= 4 is 23.6 Å². The lowest BCUT2D eigenvalue weighted by molar-refractivity contribution is -0.137. The van der Waals surface area contributed by atoms with E-state index in [9.17, 15) is 9.59 Å². The van der Waals surface area contributed by atoms with Crippen LogP contribution in [0.4, 0.5) is 0 Å². The predicted molar refractivity (Wildman–Crippen MR) is 71.3 cm³/mol. The summed E-state index contributed by atoms with van der Waals surface area (Å²) in [6, 6.07) is 0.289. The molecule has 0 saturated carbocycles. The Balaban J connectivity index is 3.90. The van der Waals surface area contributed by atoms with Crippen LogP contribution in [0.25, 0.3) is 0 Å². The summed E-state index contributed by atoms with van der Waals surface area (Å²) in [6.45, 7) is 2.08. The standard InChI is InChI=1S/C12H23NO3S/c1-4-10(9-17-3)13(2)11(14)7-5-6-8-12(15)16/h10H,4-9H2,1-3H3,(H,15,16). The van der Waals surface area contributed by atoms with Gasteiger partial charge in [0.1, 0.15) is 0 Å². The van der Waals surface area contributed by atoms with Gasteiger partial charge < -0.3 is 10.0 Å². The normalized spacial score (nSPS) is 12.2. The molecule has 0 bridgehead atoms. The molecule has 5 heteroatoms. The molecule has 0 fully saturated rings. The van der Waals surface area contributed by atoms with E-state index >= 15 is 0 Å². The molecule has 1 N–H and O–H groups in total. The van der Waals surface area contributed by atoms with Crippen molar-refractivity contribution in [2.75, 3.05) is 19.1 Å². The largest absolute Gasteiger partial charge is 0.481 e. The number of carbonyl (C=O) groups is 2. The van der Waals surface area contributed by atoms with Crippen molar-refractivity contribution in [3.05, 3.63) is 0 Å². The van der Waals surface area contributed by atoms with E-state index in [1.807, 2.05) is 13.3 Å². The van der Waals surface area contributed by atoms with E-state index in [1.165, 1.54) is 0 Å². The van der Waals surface area contributed by atoms with Gasteiger partial charge in [-0.2, -0.15) is 11.8 Å². The van der Waals surface area contributed by atoms with Crippen LogP contribution in [0.3, 0.4) is 0 Å². The zero-order valence-electron chi connectivity index (χ0n) is 10.9. The number of hydrogen-bond acceptors (Lipinski definition) is 3. The van der Waals surface area contributed by atoms with Gasteiger partial charge in [0.05, 0.1) is 0 Å². The Hall–Kier alpha value is -0.710. The fraction of sp³-hybridized carbons (Fsp3) is 0.833. The number of hydrogen-bond donors (Lipinski definition) is 1. The zero-order chi connectivity index (χ0) is 13.3. The van der Waals surface area contributed by atoms with Gasteiger partial charge in [-0.1, -0.05) is 6.92 Å². The topological polar surface area (TPSA) is 57.6 Å². The van der Waals surface area contributed by atoms with Gasteiger partial charge >= 0.3 is 5.97 Å². The molecular formula is C12H23NO3S. The van der Waals surface area contributed by atoms with Crippen LogP contribution in [0.15, 0.2) is 0 Å². The number of unbranched alkanes of at least 4 members (excludes halogenated alkanes) is 1. The highest BCUT2D eigenvalue weighted by atomic mass is 32.2. The first-order chi connectivity index (χ1) is 8.02. The van der Waals surface area contributed by atoms with Crippen molar-refractivity contribution in [2.24, 2.45) is 0 Å². The number of aliphatic carboxylic acids is 1. The van der Waals surface area contributed by atoms with Crippen LogP contribution in [0, 0.1) is 0 Å². The van der Waals surface area contributed by atoms with Crippen LogP contribution in [0.2, 0.25) is 0 Å². The predicted octanol–water partition coefficient (Wildman–Crippen LogP) is 2.23. The molecule has 17 heavy (non-hydrogen) atoms. The number of amides is 1. The molecule has 1 atom stereocenters. The third-order valence-electron chi connectivity index (χ3n) is 2.80. The molecule has 0 aromatic rings. The second kappa shape index (κ2) is 9.33. The Morgan fingerprint density at radius 1 is 1.29 bits per heavy atom. The molecular weight excluding hydrogens is 238 g/mol. The number of rotatable bonds is 9. The van der Waals surface area contributed by atoms with Crippen LogP contribution in [0.5, 0.6) is 0 Å². The summed E-state index contributed by atoms with van der Waals surface area (Å²) >= 11 is 1.74. The first kappa shape index (κ1) is 16.3. The molecule has 0 heterocycles. The van der Waals surface area contributed by atoms with Crippen LogP contribution < -0.4 is 0 Å². The van der Waals surface area contributed by atoms with Gasteiger partial charge in [0.2, 0.25) is 5.91 Å². The highest BCUT2D eigenvalue weighted by molar-refractivity contribution is 7.98. The van der Waals surface area contributed by atoms with Gasteiger partial charge in [0, 0.05) is 31.7 Å². The number of thioether (sulfide) groups is 1. The molecule has 0 spiro atoms. The van der Waals surface area contributed by atoms with Crippen LogP contribution >= 0.6 is 11.8 Å². The van der Waals surface area contributed by atoms with E-state index in [0.29, 0.717) is 19.3 Å². The zero-order valence-corrected chi connectivity index (χ0v) is 11.8. The molecule has 100 valence electrons. The van der Waals surface area contributed by atoms with Crippen molar-refractivity contribution in [1.82, 2.24) is 4.90 Å². The number of carboxylic acid groups (broad SMARTS) is 1. The van der Waals surface area contributed by atoms with E-state index in [4.69, 9.17) is 5.11 Å². The van der Waals surface area contributed by atoms with Crippen molar-refractivity contribution < 1.29 is 14.7 Å². The fourth-order valence-electron chi connectivity index (χ4n) is 1.63. The number of carboxylic acids is 1. The van der Waals surface area contributed by atoms with E-state index in [0.717, 1.165) is 12.2 Å². The van der Waals surface area contributed by atoms with Gasteiger partial charge in [0.25, 0.3) is 0 Å². The maximum Gasteiger partial charge on any atom is 0.303 e. The lowest BCUT2D eigenvalue weighted by Crippen LogP contribution is -2.38. The maximum atomic E-state index is 11.8. The average Bonchev–Trinajstić information content (AvgIpc) is 2.30. The van der Waals surface area contributed by atoms with E-state index in [2.05, 4.69) is 6.92 Å². The van der Waals surface area contributed by atoms with Crippen LogP contribution in [-0.2, 0) is 9.59 Å². The Morgan fingerprint density at radius 3 is 2.35 bits per heavy atom. The Kier molecular flexibility index (Phi) is 8.94. The number of carbonyl (C=O) groups excluding carboxylic acids is 1. The first-order valence-corrected chi connectivity index (χ1v) is 7.38. The summed E-state index contributed by atoms with van der Waals surface area (Å²) in [5.41, 5.74) is 0. The fourth-order valence-corrected chi connectivity index (χ4v) is 2.47. The highest BCUT2D eigenvalue weighted by Crippen LogP contribution is 2.11. The van der Waals surface area contributed by atoms with Gasteiger partial charge in [-0.15, -0.1) is 0 Å². The van der Waals surface area contributed by atoms with E-state index in [1.54, 1.807) is 16.7 Å². The molecule has 1 amide bonds. The smallest absolute Gasteiger partial charge is 0.303 e. The summed E-state index contributed by atoms with van der Waals surface area (Å²) in [5, 5.41) is 8.49. The third kappa shape index (κ3) is 7.26. The van der Waals surface area contributed by atoms with E-state index in [-0.39, 0.29) is 18.4 Å². The van der Waals surface area contributed by atoms with Crippen molar-refractivity contribution in [1.29, 1.82) is 0 Å². The minimum atomic E-state index is -0.792. The van der Waals surface area contributed by atoms with E-state index < -0.39 is 5.97 Å². The summed E-state index contributed by atoms with van der Waals surface area (Å²) in [7, 11) is 1.84. The summed E-state index contributed by atoms with van der Waals surface area (Å²) in [6.07, 6.45) is 4.83. The molecule has 0 rings (SSSR count). The maximum absolute atomic E-state index is 11.8. The summed E-state index contributed by atoms with van der Waals surface area (Å²) < 4.78 is 0. The minimum Gasteiger partial charge on any atom is -0.481 e. The Labute approximate surface area is 108 Å². The summed E-state index contributed by atoms with van der Waals surface area (Å²) in [4.78, 5) is 24.0. The first-order valence-electron chi connectivity index (χ1n) is 5.99. The van der Waals surface area contributed by atoms with Crippen molar-refractivity contribution in [3.63, 3.8) is 0 Å². The van der Waals surface area contributed by atoms with Gasteiger partial charge in [-0.25, -0.2) is 0 Å². The molecule has 0 aliphatic heterocycles. The van der Waals surface area contributed by atoms with Gasteiger partial charge in [0.15, 0.2) is 0 Å². The third-order valence-corrected chi connectivity index (χ3v) is 3.52. The van der Waals surface area contributed by atoms with Crippen LogP contribution in [0.1, 0.15) is 39.0 Å². The minimum absolute atomic E-state index is 0.122. The second-order valence-electron chi connectivity index (χ2n) is 4.12. The molecule has 0 saturated heterocycles. The molecule has 0 radical (unpaired) electrons. The molecule has 0 aromatic carbocycles. The van der Waals surface area contributed by atoms with Crippen molar-refractivity contribution in [3.8, 4) is 0 Å². The molecule has 0 aromatic heterocycles. The molecule has 4 nitrogen and oxygen atoms in total. The Bertz CT molecular complexity index is 246. The van der Waals surface area contributed by atoms with Crippen molar-refractivity contribution in [2.45, 2.75) is 45.1 Å². The lowest BCUT2D eigenvalue weighted by Gasteiger charge is -2.26.